The first-order valence-corrected chi connectivity index (χ1v) is 5.06. The minimum Gasteiger partial charge on any atom is -0.394 e. The van der Waals surface area contributed by atoms with E-state index in [2.05, 4.69) is 17.9 Å². The summed E-state index contributed by atoms with van der Waals surface area (Å²) in [6, 6.07) is -0.788. The molecule has 15 heavy (non-hydrogen) atoms. The average molecular weight is 237 g/mol. The van der Waals surface area contributed by atoms with E-state index < -0.39 is 36.4 Å². The fourth-order valence-electron chi connectivity index (χ4n) is 1.49. The number of aliphatic hydroxyl groups is 3. The van der Waals surface area contributed by atoms with E-state index in [1.807, 2.05) is 0 Å². The van der Waals surface area contributed by atoms with Gasteiger partial charge in [-0.3, -0.25) is 4.79 Å². The Labute approximate surface area is 92.7 Å². The Morgan fingerprint density at radius 2 is 2.07 bits per heavy atom. The molecule has 0 unspecified atom stereocenters. The SMILES string of the molecule is CC(=O)N[C@H]1[C@@H](O)[C@@H](O)[C@@H](CO)O[C@H]1S. The van der Waals surface area contributed by atoms with E-state index in [4.69, 9.17) is 9.84 Å². The van der Waals surface area contributed by atoms with Gasteiger partial charge in [-0.25, -0.2) is 0 Å². The van der Waals surface area contributed by atoms with E-state index in [0.29, 0.717) is 0 Å². The van der Waals surface area contributed by atoms with Gasteiger partial charge in [-0.1, -0.05) is 0 Å². The molecule has 0 saturated carbocycles. The van der Waals surface area contributed by atoms with Crippen LogP contribution in [0, 0.1) is 0 Å². The Balaban J connectivity index is 2.70. The summed E-state index contributed by atoms with van der Waals surface area (Å²) in [6.45, 7) is 0.875. The predicted molar refractivity (Wildman–Crippen MR) is 54.4 cm³/mol. The lowest BCUT2D eigenvalue weighted by atomic mass is 9.98. The number of thiol groups is 1. The number of hydrogen-bond donors (Lipinski definition) is 5. The number of amides is 1. The number of hydrogen-bond acceptors (Lipinski definition) is 6. The van der Waals surface area contributed by atoms with Crippen LogP contribution in [0.5, 0.6) is 0 Å². The standard InChI is InChI=1S/C8H15NO5S/c1-3(11)9-5-7(13)6(12)4(2-10)14-8(5)15/h4-8,10,12-13,15H,2H2,1H3,(H,9,11)/t4-,5+,6+,7-,8+/m1/s1. The summed E-state index contributed by atoms with van der Waals surface area (Å²) in [5, 5.41) is 30.4. The number of carbonyl (C=O) groups is 1. The highest BCUT2D eigenvalue weighted by atomic mass is 32.1. The van der Waals surface area contributed by atoms with E-state index in [9.17, 15) is 15.0 Å². The van der Waals surface area contributed by atoms with E-state index >= 15 is 0 Å². The highest BCUT2D eigenvalue weighted by molar-refractivity contribution is 7.80. The quantitative estimate of drug-likeness (QED) is 0.353. The van der Waals surface area contributed by atoms with Crippen molar-refractivity contribution in [1.29, 1.82) is 0 Å². The number of aliphatic hydroxyl groups excluding tert-OH is 3. The van der Waals surface area contributed by atoms with E-state index in [1.165, 1.54) is 6.92 Å². The molecule has 0 aromatic heterocycles. The second-order valence-electron chi connectivity index (χ2n) is 3.46. The third-order valence-corrected chi connectivity index (χ3v) is 2.71. The molecule has 1 rings (SSSR count). The number of carbonyl (C=O) groups excluding carboxylic acids is 1. The van der Waals surface area contributed by atoms with Crippen molar-refractivity contribution in [2.24, 2.45) is 0 Å². The zero-order valence-electron chi connectivity index (χ0n) is 8.20. The third-order valence-electron chi connectivity index (χ3n) is 2.27. The monoisotopic (exact) mass is 237 g/mol. The lowest BCUT2D eigenvalue weighted by Crippen LogP contribution is -2.62. The molecule has 4 N–H and O–H groups in total. The topological polar surface area (TPSA) is 99.0 Å². The summed E-state index contributed by atoms with van der Waals surface area (Å²) in [5.74, 6) is -0.351. The van der Waals surface area contributed by atoms with Gasteiger partial charge in [0.25, 0.3) is 0 Å². The number of rotatable bonds is 2. The number of ether oxygens (including phenoxy) is 1. The van der Waals surface area contributed by atoms with E-state index in [-0.39, 0.29) is 5.91 Å². The van der Waals surface area contributed by atoms with Crippen molar-refractivity contribution in [2.75, 3.05) is 6.61 Å². The molecule has 1 aliphatic rings. The zero-order chi connectivity index (χ0) is 11.6. The van der Waals surface area contributed by atoms with Gasteiger partial charge in [-0.2, -0.15) is 0 Å². The van der Waals surface area contributed by atoms with Gasteiger partial charge < -0.3 is 25.4 Å². The Bertz CT molecular complexity index is 239. The molecule has 1 amide bonds. The van der Waals surface area contributed by atoms with Crippen molar-refractivity contribution < 1.29 is 24.9 Å². The molecule has 0 bridgehead atoms. The van der Waals surface area contributed by atoms with E-state index in [1.54, 1.807) is 0 Å². The first-order chi connectivity index (χ1) is 6.97. The van der Waals surface area contributed by atoms with Gasteiger partial charge in [-0.05, 0) is 0 Å². The van der Waals surface area contributed by atoms with Crippen molar-refractivity contribution >= 4 is 18.5 Å². The predicted octanol–water partition coefficient (Wildman–Crippen LogP) is -2.14. The minimum absolute atomic E-state index is 0.351. The van der Waals surface area contributed by atoms with Crippen LogP contribution in [-0.4, -0.2) is 57.6 Å². The second kappa shape index (κ2) is 5.13. The third kappa shape index (κ3) is 2.82. The molecule has 7 heteroatoms. The maximum absolute atomic E-state index is 10.8. The molecule has 0 aromatic carbocycles. The maximum atomic E-state index is 10.8. The molecular weight excluding hydrogens is 222 g/mol. The van der Waals surface area contributed by atoms with E-state index in [0.717, 1.165) is 0 Å². The molecule has 0 radical (unpaired) electrons. The van der Waals surface area contributed by atoms with Gasteiger partial charge in [0.1, 0.15) is 23.7 Å². The van der Waals surface area contributed by atoms with Crippen molar-refractivity contribution in [3.63, 3.8) is 0 Å². The molecule has 88 valence electrons. The lowest BCUT2D eigenvalue weighted by molar-refractivity contribution is -0.173. The summed E-state index contributed by atoms with van der Waals surface area (Å²) in [5.41, 5.74) is -0.760. The van der Waals surface area contributed by atoms with Gasteiger partial charge >= 0.3 is 0 Å². The van der Waals surface area contributed by atoms with Gasteiger partial charge in [0.2, 0.25) is 5.91 Å². The highest BCUT2D eigenvalue weighted by Gasteiger charge is 2.43. The summed E-state index contributed by atoms with van der Waals surface area (Å²) < 4.78 is 5.12. The summed E-state index contributed by atoms with van der Waals surface area (Å²) in [4.78, 5) is 10.8. The average Bonchev–Trinajstić information content (AvgIpc) is 2.18. The van der Waals surface area contributed by atoms with Crippen molar-refractivity contribution in [3.05, 3.63) is 0 Å². The van der Waals surface area contributed by atoms with Gasteiger partial charge in [0.05, 0.1) is 12.6 Å². The Kier molecular flexibility index (Phi) is 4.35. The molecule has 0 spiro atoms. The largest absolute Gasteiger partial charge is 0.394 e. The molecule has 5 atom stereocenters. The summed E-state index contributed by atoms with van der Waals surface area (Å²) >= 11 is 4.02. The highest BCUT2D eigenvalue weighted by Crippen LogP contribution is 2.22. The lowest BCUT2D eigenvalue weighted by Gasteiger charge is -2.40. The summed E-state index contributed by atoms with van der Waals surface area (Å²) in [7, 11) is 0. The molecule has 0 aliphatic carbocycles. The fraction of sp³-hybridized carbons (Fsp3) is 0.875. The normalized spacial score (nSPS) is 41.3. The molecule has 0 aromatic rings. The van der Waals surface area contributed by atoms with Gasteiger partial charge in [0.15, 0.2) is 0 Å². The summed E-state index contributed by atoms with van der Waals surface area (Å²) in [6.07, 6.45) is -3.33. The van der Waals surface area contributed by atoms with Crippen LogP contribution in [0.2, 0.25) is 0 Å². The molecule has 1 saturated heterocycles. The Hall–Kier alpha value is -0.340. The zero-order valence-corrected chi connectivity index (χ0v) is 9.09. The fourth-order valence-corrected chi connectivity index (χ4v) is 1.89. The molecule has 1 fully saturated rings. The molecule has 1 aliphatic heterocycles. The molecular formula is C8H15NO5S. The van der Waals surface area contributed by atoms with Crippen molar-refractivity contribution in [3.8, 4) is 0 Å². The van der Waals surface area contributed by atoms with Crippen LogP contribution in [0.1, 0.15) is 6.92 Å². The number of nitrogens with one attached hydrogen (secondary N) is 1. The maximum Gasteiger partial charge on any atom is 0.217 e. The van der Waals surface area contributed by atoms with Crippen molar-refractivity contribution in [1.82, 2.24) is 5.32 Å². The van der Waals surface area contributed by atoms with Crippen LogP contribution in [0.15, 0.2) is 0 Å². The van der Waals surface area contributed by atoms with Crippen LogP contribution in [0.4, 0.5) is 0 Å². The first-order valence-electron chi connectivity index (χ1n) is 4.55. The Morgan fingerprint density at radius 3 is 2.53 bits per heavy atom. The van der Waals surface area contributed by atoms with Crippen LogP contribution >= 0.6 is 12.6 Å². The van der Waals surface area contributed by atoms with Crippen LogP contribution in [0.25, 0.3) is 0 Å². The molecule has 1 heterocycles. The van der Waals surface area contributed by atoms with Crippen LogP contribution in [-0.2, 0) is 9.53 Å². The molecule has 6 nitrogen and oxygen atoms in total. The van der Waals surface area contributed by atoms with Crippen LogP contribution < -0.4 is 5.32 Å². The second-order valence-corrected chi connectivity index (χ2v) is 3.96. The first kappa shape index (κ1) is 12.7. The van der Waals surface area contributed by atoms with Gasteiger partial charge in [-0.15, -0.1) is 12.6 Å². The minimum atomic E-state index is -1.24. The smallest absolute Gasteiger partial charge is 0.217 e. The van der Waals surface area contributed by atoms with Gasteiger partial charge in [0, 0.05) is 6.92 Å². The van der Waals surface area contributed by atoms with Crippen molar-refractivity contribution in [2.45, 2.75) is 36.7 Å². The van der Waals surface area contributed by atoms with Crippen LogP contribution in [0.3, 0.4) is 0 Å². The Morgan fingerprint density at radius 1 is 1.47 bits per heavy atom.